The smallest absolute Gasteiger partial charge is 0.344 e. The zero-order valence-electron chi connectivity index (χ0n) is 15.4. The van der Waals surface area contributed by atoms with Crippen LogP contribution in [-0.2, 0) is 14.3 Å². The number of esters is 1. The Bertz CT molecular complexity index is 815. The average molecular weight is 371 g/mol. The molecule has 27 heavy (non-hydrogen) atoms. The number of anilines is 1. The number of methoxy groups -OCH3 is 1. The van der Waals surface area contributed by atoms with Crippen LogP contribution in [0, 0.1) is 0 Å². The second kappa shape index (κ2) is 9.38. The number of hydrogen-bond acceptors (Lipinski definition) is 6. The van der Waals surface area contributed by atoms with Gasteiger partial charge in [-0.2, -0.15) is 0 Å². The van der Waals surface area contributed by atoms with Crippen molar-refractivity contribution in [1.29, 1.82) is 0 Å². The maximum absolute atomic E-state index is 12.2. The SMILES string of the molecule is COc1ccccc1NC(=O)[C@H](C)OC(=O)COc1ccc(C(C)=O)cc1. The molecule has 0 saturated heterocycles. The highest BCUT2D eigenvalue weighted by Crippen LogP contribution is 2.23. The van der Waals surface area contributed by atoms with Crippen LogP contribution in [0.3, 0.4) is 0 Å². The number of ether oxygens (including phenoxy) is 3. The topological polar surface area (TPSA) is 90.9 Å². The molecule has 0 radical (unpaired) electrons. The van der Waals surface area contributed by atoms with Crippen molar-refractivity contribution in [3.63, 3.8) is 0 Å². The summed E-state index contributed by atoms with van der Waals surface area (Å²) in [6, 6.07) is 13.3. The minimum absolute atomic E-state index is 0.0594. The third-order valence-electron chi connectivity index (χ3n) is 3.66. The van der Waals surface area contributed by atoms with Crippen molar-refractivity contribution in [2.75, 3.05) is 19.0 Å². The number of amides is 1. The van der Waals surface area contributed by atoms with Crippen molar-refractivity contribution in [2.45, 2.75) is 20.0 Å². The highest BCUT2D eigenvalue weighted by atomic mass is 16.6. The summed E-state index contributed by atoms with van der Waals surface area (Å²) in [6.45, 7) is 2.57. The minimum Gasteiger partial charge on any atom is -0.495 e. The van der Waals surface area contributed by atoms with Gasteiger partial charge in [0.1, 0.15) is 11.5 Å². The number of benzene rings is 2. The molecule has 1 N–H and O–H groups in total. The molecule has 7 nitrogen and oxygen atoms in total. The Morgan fingerprint density at radius 1 is 1.04 bits per heavy atom. The van der Waals surface area contributed by atoms with Crippen molar-refractivity contribution in [2.24, 2.45) is 0 Å². The van der Waals surface area contributed by atoms with Gasteiger partial charge in [0.15, 0.2) is 18.5 Å². The molecule has 0 fully saturated rings. The molecule has 0 unspecified atom stereocenters. The lowest BCUT2D eigenvalue weighted by molar-refractivity contribution is -0.155. The van der Waals surface area contributed by atoms with Crippen molar-refractivity contribution in [3.05, 3.63) is 54.1 Å². The molecule has 0 heterocycles. The van der Waals surface area contributed by atoms with Crippen LogP contribution in [0.25, 0.3) is 0 Å². The zero-order chi connectivity index (χ0) is 19.8. The summed E-state index contributed by atoms with van der Waals surface area (Å²) in [6.07, 6.45) is -1.01. The van der Waals surface area contributed by atoms with Crippen LogP contribution in [0.4, 0.5) is 5.69 Å². The van der Waals surface area contributed by atoms with E-state index in [-0.39, 0.29) is 12.4 Å². The highest BCUT2D eigenvalue weighted by Gasteiger charge is 2.19. The fraction of sp³-hybridized carbons (Fsp3) is 0.250. The summed E-state index contributed by atoms with van der Waals surface area (Å²) < 4.78 is 15.5. The molecule has 1 atom stereocenters. The first-order valence-corrected chi connectivity index (χ1v) is 8.28. The Morgan fingerprint density at radius 3 is 2.33 bits per heavy atom. The first-order chi connectivity index (χ1) is 12.9. The van der Waals surface area contributed by atoms with Gasteiger partial charge in [0, 0.05) is 5.56 Å². The van der Waals surface area contributed by atoms with Crippen LogP contribution in [0.5, 0.6) is 11.5 Å². The van der Waals surface area contributed by atoms with E-state index in [1.54, 1.807) is 48.5 Å². The number of ketones is 1. The van der Waals surface area contributed by atoms with Crippen molar-refractivity contribution < 1.29 is 28.6 Å². The van der Waals surface area contributed by atoms with Crippen molar-refractivity contribution >= 4 is 23.3 Å². The summed E-state index contributed by atoms with van der Waals surface area (Å²) in [4.78, 5) is 35.3. The standard InChI is InChI=1S/C20H21NO6/c1-13(22)15-8-10-16(11-9-15)26-12-19(23)27-14(2)20(24)21-17-6-4-5-7-18(17)25-3/h4-11,14H,12H2,1-3H3,(H,21,24)/t14-/m0/s1. The Morgan fingerprint density at radius 2 is 1.70 bits per heavy atom. The fourth-order valence-corrected chi connectivity index (χ4v) is 2.20. The number of nitrogens with one attached hydrogen (secondary N) is 1. The minimum atomic E-state index is -1.01. The molecule has 2 aromatic rings. The maximum Gasteiger partial charge on any atom is 0.344 e. The molecular formula is C20H21NO6. The summed E-state index contributed by atoms with van der Waals surface area (Å²) in [5.74, 6) is -0.312. The summed E-state index contributed by atoms with van der Waals surface area (Å²) in [7, 11) is 1.49. The van der Waals surface area contributed by atoms with E-state index in [1.807, 2.05) is 0 Å². The summed E-state index contributed by atoms with van der Waals surface area (Å²) in [5, 5.41) is 2.64. The molecule has 2 aromatic carbocycles. The second-order valence-corrected chi connectivity index (χ2v) is 5.69. The van der Waals surface area contributed by atoms with Gasteiger partial charge in [-0.05, 0) is 50.2 Å². The largest absolute Gasteiger partial charge is 0.495 e. The van der Waals surface area contributed by atoms with E-state index in [0.29, 0.717) is 22.7 Å². The van der Waals surface area contributed by atoms with E-state index >= 15 is 0 Å². The monoisotopic (exact) mass is 371 g/mol. The van der Waals surface area contributed by atoms with E-state index < -0.39 is 18.0 Å². The first-order valence-electron chi connectivity index (χ1n) is 8.28. The molecule has 1 amide bonds. The molecule has 142 valence electrons. The molecule has 2 rings (SSSR count). The van der Waals surface area contributed by atoms with Gasteiger partial charge in [-0.1, -0.05) is 12.1 Å². The molecular weight excluding hydrogens is 350 g/mol. The van der Waals surface area contributed by atoms with E-state index in [9.17, 15) is 14.4 Å². The molecule has 0 spiro atoms. The second-order valence-electron chi connectivity index (χ2n) is 5.69. The summed E-state index contributed by atoms with van der Waals surface area (Å²) >= 11 is 0. The maximum atomic E-state index is 12.2. The predicted octanol–water partition coefficient (Wildman–Crippen LogP) is 2.85. The van der Waals surface area contributed by atoms with E-state index in [1.165, 1.54) is 21.0 Å². The Balaban J connectivity index is 1.83. The van der Waals surface area contributed by atoms with Gasteiger partial charge >= 0.3 is 5.97 Å². The summed E-state index contributed by atoms with van der Waals surface area (Å²) in [5.41, 5.74) is 1.03. The third-order valence-corrected chi connectivity index (χ3v) is 3.66. The number of carbonyl (C=O) groups excluding carboxylic acids is 3. The number of hydrogen-bond donors (Lipinski definition) is 1. The van der Waals surface area contributed by atoms with Crippen LogP contribution in [0.15, 0.2) is 48.5 Å². The van der Waals surface area contributed by atoms with Gasteiger partial charge in [-0.25, -0.2) is 4.79 Å². The fourth-order valence-electron chi connectivity index (χ4n) is 2.20. The quantitative estimate of drug-likeness (QED) is 0.567. The van der Waals surface area contributed by atoms with Crippen molar-refractivity contribution in [1.82, 2.24) is 0 Å². The molecule has 0 saturated carbocycles. The molecule has 0 bridgehead atoms. The third kappa shape index (κ3) is 5.85. The van der Waals surface area contributed by atoms with E-state index in [4.69, 9.17) is 14.2 Å². The number of para-hydroxylation sites is 2. The first kappa shape index (κ1) is 20.0. The number of carbonyl (C=O) groups is 3. The highest BCUT2D eigenvalue weighted by molar-refractivity contribution is 5.96. The number of Topliss-reactive ketones (excluding diaryl/α,β-unsaturated/α-hetero) is 1. The zero-order valence-corrected chi connectivity index (χ0v) is 15.4. The van der Waals surface area contributed by atoms with Crippen LogP contribution in [-0.4, -0.2) is 37.5 Å². The number of rotatable bonds is 8. The van der Waals surface area contributed by atoms with Gasteiger partial charge in [-0.3, -0.25) is 9.59 Å². The van der Waals surface area contributed by atoms with E-state index in [2.05, 4.69) is 5.32 Å². The normalized spacial score (nSPS) is 11.2. The van der Waals surface area contributed by atoms with Crippen molar-refractivity contribution in [3.8, 4) is 11.5 Å². The van der Waals surface area contributed by atoms with Gasteiger partial charge in [0.25, 0.3) is 5.91 Å². The molecule has 0 aromatic heterocycles. The van der Waals surface area contributed by atoms with Gasteiger partial charge in [-0.15, -0.1) is 0 Å². The van der Waals surface area contributed by atoms with Crippen LogP contribution < -0.4 is 14.8 Å². The molecule has 0 aliphatic carbocycles. The van der Waals surface area contributed by atoms with Crippen LogP contribution in [0.2, 0.25) is 0 Å². The lowest BCUT2D eigenvalue weighted by Crippen LogP contribution is -2.31. The van der Waals surface area contributed by atoms with Crippen LogP contribution in [0.1, 0.15) is 24.2 Å². The van der Waals surface area contributed by atoms with Crippen LogP contribution >= 0.6 is 0 Å². The lowest BCUT2D eigenvalue weighted by Gasteiger charge is -2.15. The lowest BCUT2D eigenvalue weighted by atomic mass is 10.1. The Kier molecular flexibility index (Phi) is 6.93. The van der Waals surface area contributed by atoms with Gasteiger partial charge in [0.05, 0.1) is 12.8 Å². The average Bonchev–Trinajstić information content (AvgIpc) is 2.67. The Labute approximate surface area is 157 Å². The Hall–Kier alpha value is -3.35. The van der Waals surface area contributed by atoms with Gasteiger partial charge in [0.2, 0.25) is 0 Å². The predicted molar refractivity (Wildman–Crippen MR) is 99.1 cm³/mol. The van der Waals surface area contributed by atoms with Gasteiger partial charge < -0.3 is 19.5 Å². The molecule has 0 aliphatic heterocycles. The van der Waals surface area contributed by atoms with E-state index in [0.717, 1.165) is 0 Å². The molecule has 0 aliphatic rings. The molecule has 7 heteroatoms.